The molecule has 2 rings (SSSR count). The minimum Gasteiger partial charge on any atom is -0.494 e. The van der Waals surface area contributed by atoms with Crippen molar-refractivity contribution in [3.63, 3.8) is 0 Å². The number of ether oxygens (including phenoxy) is 3. The fourth-order valence-electron chi connectivity index (χ4n) is 2.29. The number of rotatable bonds is 9. The first kappa shape index (κ1) is 19.3. The lowest BCUT2D eigenvalue weighted by atomic mass is 10.2. The molecule has 0 spiro atoms. The molecule has 26 heavy (non-hydrogen) atoms. The van der Waals surface area contributed by atoms with Crippen molar-refractivity contribution in [1.82, 2.24) is 4.90 Å². The molecule has 0 bridgehead atoms. The summed E-state index contributed by atoms with van der Waals surface area (Å²) in [5.74, 6) is 0.519. The lowest BCUT2D eigenvalue weighted by molar-refractivity contribution is -0.148. The molecule has 0 saturated heterocycles. The van der Waals surface area contributed by atoms with Gasteiger partial charge in [0.1, 0.15) is 18.0 Å². The second-order valence-corrected chi connectivity index (χ2v) is 5.50. The molecule has 0 aromatic heterocycles. The maximum atomic E-state index is 12.5. The van der Waals surface area contributed by atoms with Crippen LogP contribution in [-0.4, -0.2) is 43.6 Å². The third kappa shape index (κ3) is 6.12. The van der Waals surface area contributed by atoms with E-state index in [1.165, 1.54) is 12.0 Å². The van der Waals surface area contributed by atoms with Crippen LogP contribution < -0.4 is 9.47 Å². The smallest absolute Gasteiger partial charge is 0.325 e. The fourth-order valence-corrected chi connectivity index (χ4v) is 2.29. The second kappa shape index (κ2) is 10.1. The molecule has 0 saturated carbocycles. The van der Waals surface area contributed by atoms with E-state index in [1.807, 2.05) is 37.3 Å². The van der Waals surface area contributed by atoms with Gasteiger partial charge in [-0.05, 0) is 36.8 Å². The standard InChI is InChI=1S/C20H23NO5/c1-3-25-17-9-11-18(12-10-17)26-15-19(22)21(14-20(23)24-2)13-16-7-5-4-6-8-16/h4-12H,3,13-15H2,1-2H3. The molecule has 0 aliphatic rings. The average molecular weight is 357 g/mol. The first-order valence-electron chi connectivity index (χ1n) is 8.36. The third-order valence-corrected chi connectivity index (χ3v) is 3.61. The number of carbonyl (C=O) groups excluding carboxylic acids is 2. The highest BCUT2D eigenvalue weighted by Gasteiger charge is 2.18. The maximum absolute atomic E-state index is 12.5. The van der Waals surface area contributed by atoms with Gasteiger partial charge < -0.3 is 19.1 Å². The first-order chi connectivity index (χ1) is 12.6. The number of hydrogen-bond acceptors (Lipinski definition) is 5. The Labute approximate surface area is 153 Å². The third-order valence-electron chi connectivity index (χ3n) is 3.61. The number of esters is 1. The van der Waals surface area contributed by atoms with Crippen molar-refractivity contribution in [3.05, 3.63) is 60.2 Å². The highest BCUT2D eigenvalue weighted by atomic mass is 16.5. The molecule has 1 amide bonds. The number of carbonyl (C=O) groups is 2. The van der Waals surface area contributed by atoms with Gasteiger partial charge in [-0.25, -0.2) is 0 Å². The van der Waals surface area contributed by atoms with Crippen LogP contribution in [0.4, 0.5) is 0 Å². The fraction of sp³-hybridized carbons (Fsp3) is 0.300. The predicted octanol–water partition coefficient (Wildman–Crippen LogP) is 2.67. The lowest BCUT2D eigenvalue weighted by Crippen LogP contribution is -2.38. The van der Waals surface area contributed by atoms with Gasteiger partial charge in [0.15, 0.2) is 6.61 Å². The molecule has 138 valence electrons. The highest BCUT2D eigenvalue weighted by molar-refractivity contribution is 5.83. The first-order valence-corrected chi connectivity index (χ1v) is 8.36. The minimum absolute atomic E-state index is 0.128. The maximum Gasteiger partial charge on any atom is 0.325 e. The number of methoxy groups -OCH3 is 1. The highest BCUT2D eigenvalue weighted by Crippen LogP contribution is 2.17. The van der Waals surface area contributed by atoms with Crippen LogP contribution in [0.25, 0.3) is 0 Å². The van der Waals surface area contributed by atoms with Gasteiger partial charge in [0.05, 0.1) is 13.7 Å². The quantitative estimate of drug-likeness (QED) is 0.646. The Morgan fingerprint density at radius 1 is 0.923 bits per heavy atom. The Hall–Kier alpha value is -3.02. The van der Waals surface area contributed by atoms with Crippen molar-refractivity contribution in [2.24, 2.45) is 0 Å². The van der Waals surface area contributed by atoms with Gasteiger partial charge in [0, 0.05) is 6.54 Å². The van der Waals surface area contributed by atoms with Crippen LogP contribution in [0.15, 0.2) is 54.6 Å². The van der Waals surface area contributed by atoms with E-state index in [4.69, 9.17) is 9.47 Å². The Balaban J connectivity index is 1.97. The molecule has 0 aliphatic heterocycles. The average Bonchev–Trinajstić information content (AvgIpc) is 2.67. The Bertz CT molecular complexity index is 700. The number of benzene rings is 2. The van der Waals surface area contributed by atoms with E-state index in [0.29, 0.717) is 18.9 Å². The normalized spacial score (nSPS) is 10.1. The van der Waals surface area contributed by atoms with Gasteiger partial charge in [-0.1, -0.05) is 30.3 Å². The SMILES string of the molecule is CCOc1ccc(OCC(=O)N(CC(=O)OC)Cc2ccccc2)cc1. The van der Waals surface area contributed by atoms with E-state index in [2.05, 4.69) is 4.74 Å². The molecule has 6 heteroatoms. The van der Waals surface area contributed by atoms with Crippen LogP contribution in [0.3, 0.4) is 0 Å². The van der Waals surface area contributed by atoms with Crippen molar-refractivity contribution in [2.45, 2.75) is 13.5 Å². The number of amides is 1. The van der Waals surface area contributed by atoms with E-state index >= 15 is 0 Å². The molecule has 6 nitrogen and oxygen atoms in total. The molecule has 0 N–H and O–H groups in total. The number of nitrogens with zero attached hydrogens (tertiary/aromatic N) is 1. The minimum atomic E-state index is -0.477. The van der Waals surface area contributed by atoms with Crippen molar-refractivity contribution < 1.29 is 23.8 Å². The predicted molar refractivity (Wildman–Crippen MR) is 97.0 cm³/mol. The van der Waals surface area contributed by atoms with E-state index in [1.54, 1.807) is 24.3 Å². The Morgan fingerprint density at radius 2 is 1.54 bits per heavy atom. The van der Waals surface area contributed by atoms with Crippen molar-refractivity contribution in [2.75, 3.05) is 26.9 Å². The molecule has 0 aliphatic carbocycles. The van der Waals surface area contributed by atoms with E-state index < -0.39 is 5.97 Å². The van der Waals surface area contributed by atoms with Crippen LogP contribution in [0.5, 0.6) is 11.5 Å². The molecule has 2 aromatic rings. The zero-order chi connectivity index (χ0) is 18.8. The van der Waals surface area contributed by atoms with Crippen molar-refractivity contribution in [3.8, 4) is 11.5 Å². The summed E-state index contributed by atoms with van der Waals surface area (Å²) >= 11 is 0. The van der Waals surface area contributed by atoms with E-state index in [-0.39, 0.29) is 19.1 Å². The largest absolute Gasteiger partial charge is 0.494 e. The van der Waals surface area contributed by atoms with Crippen LogP contribution in [0.2, 0.25) is 0 Å². The topological polar surface area (TPSA) is 65.1 Å². The molecule has 2 aromatic carbocycles. The van der Waals surface area contributed by atoms with Gasteiger partial charge in [0.25, 0.3) is 5.91 Å². The van der Waals surface area contributed by atoms with Crippen molar-refractivity contribution >= 4 is 11.9 Å². The molecule has 0 atom stereocenters. The molecule has 0 radical (unpaired) electrons. The summed E-state index contributed by atoms with van der Waals surface area (Å²) in [5, 5.41) is 0. The molecule has 0 unspecified atom stereocenters. The molecule has 0 heterocycles. The number of hydrogen-bond donors (Lipinski definition) is 0. The second-order valence-electron chi connectivity index (χ2n) is 5.50. The molecular formula is C20H23NO5. The summed E-state index contributed by atoms with van der Waals surface area (Å²) < 4.78 is 15.6. The van der Waals surface area contributed by atoms with Crippen LogP contribution >= 0.6 is 0 Å². The molecular weight excluding hydrogens is 334 g/mol. The Kier molecular flexibility index (Phi) is 7.49. The summed E-state index contributed by atoms with van der Waals surface area (Å²) in [6, 6.07) is 16.5. The van der Waals surface area contributed by atoms with Gasteiger partial charge >= 0.3 is 5.97 Å². The van der Waals surface area contributed by atoms with Gasteiger partial charge in [-0.3, -0.25) is 9.59 Å². The summed E-state index contributed by atoms with van der Waals surface area (Å²) in [5.41, 5.74) is 0.922. The molecule has 0 fully saturated rings. The van der Waals surface area contributed by atoms with Crippen LogP contribution in [0, 0.1) is 0 Å². The van der Waals surface area contributed by atoms with Gasteiger partial charge in [-0.2, -0.15) is 0 Å². The summed E-state index contributed by atoms with van der Waals surface area (Å²) in [7, 11) is 1.30. The van der Waals surface area contributed by atoms with Crippen LogP contribution in [0.1, 0.15) is 12.5 Å². The van der Waals surface area contributed by atoms with Gasteiger partial charge in [-0.15, -0.1) is 0 Å². The zero-order valence-electron chi connectivity index (χ0n) is 15.0. The Morgan fingerprint density at radius 3 is 2.12 bits per heavy atom. The van der Waals surface area contributed by atoms with Gasteiger partial charge in [0.2, 0.25) is 0 Å². The van der Waals surface area contributed by atoms with Crippen LogP contribution in [-0.2, 0) is 20.9 Å². The summed E-state index contributed by atoms with van der Waals surface area (Å²) in [6.45, 7) is 2.50. The lowest BCUT2D eigenvalue weighted by Gasteiger charge is -2.21. The van der Waals surface area contributed by atoms with E-state index in [9.17, 15) is 9.59 Å². The monoisotopic (exact) mass is 357 g/mol. The zero-order valence-corrected chi connectivity index (χ0v) is 15.0. The van der Waals surface area contributed by atoms with E-state index in [0.717, 1.165) is 11.3 Å². The summed E-state index contributed by atoms with van der Waals surface area (Å²) in [4.78, 5) is 25.5. The summed E-state index contributed by atoms with van der Waals surface area (Å²) in [6.07, 6.45) is 0. The van der Waals surface area contributed by atoms with Crippen molar-refractivity contribution in [1.29, 1.82) is 0 Å².